The largest absolute Gasteiger partial charge is 0.508 e. The lowest BCUT2D eigenvalue weighted by molar-refractivity contribution is 0.454. The Bertz CT molecular complexity index is 523. The molecule has 2 aromatic rings. The number of anilines is 1. The molecule has 0 aliphatic carbocycles. The number of phenolic OH excluding ortho intramolecular Hbond substituents is 2. The molecule has 0 saturated heterocycles. The van der Waals surface area contributed by atoms with Crippen molar-refractivity contribution in [1.82, 2.24) is 0 Å². The van der Waals surface area contributed by atoms with Gasteiger partial charge in [-0.25, -0.2) is 0 Å². The number of rotatable bonds is 3. The summed E-state index contributed by atoms with van der Waals surface area (Å²) in [5.41, 5.74) is 8.38. The van der Waals surface area contributed by atoms with Gasteiger partial charge in [-0.1, -0.05) is 18.2 Å². The molecule has 0 aliphatic rings. The van der Waals surface area contributed by atoms with E-state index >= 15 is 0 Å². The number of hydrogen-bond acceptors (Lipinski definition) is 3. The summed E-state index contributed by atoms with van der Waals surface area (Å²) in [4.78, 5) is 0. The fraction of sp³-hybridized carbons (Fsp3) is 0.143. The van der Waals surface area contributed by atoms with Crippen LogP contribution >= 0.6 is 0 Å². The summed E-state index contributed by atoms with van der Waals surface area (Å²) in [6.45, 7) is 0. The minimum atomic E-state index is 0.166. The fourth-order valence-electron chi connectivity index (χ4n) is 1.80. The lowest BCUT2D eigenvalue weighted by Gasteiger charge is -2.07. The van der Waals surface area contributed by atoms with E-state index in [9.17, 15) is 10.2 Å². The van der Waals surface area contributed by atoms with Crippen LogP contribution in [0.3, 0.4) is 0 Å². The van der Waals surface area contributed by atoms with Crippen molar-refractivity contribution in [2.24, 2.45) is 0 Å². The van der Waals surface area contributed by atoms with Gasteiger partial charge < -0.3 is 15.9 Å². The summed E-state index contributed by atoms with van der Waals surface area (Å²) in [5, 5.41) is 19.0. The maximum absolute atomic E-state index is 9.64. The molecular formula is C14H15NO2. The molecular weight excluding hydrogens is 214 g/mol. The summed E-state index contributed by atoms with van der Waals surface area (Å²) in [6.07, 6.45) is 1.39. The van der Waals surface area contributed by atoms with Crippen molar-refractivity contribution in [3.8, 4) is 11.5 Å². The molecule has 0 atom stereocenters. The molecule has 0 saturated carbocycles. The van der Waals surface area contributed by atoms with Gasteiger partial charge in [-0.2, -0.15) is 0 Å². The van der Waals surface area contributed by atoms with Crippen molar-refractivity contribution in [1.29, 1.82) is 0 Å². The van der Waals surface area contributed by atoms with Crippen LogP contribution in [0.2, 0.25) is 0 Å². The first-order valence-corrected chi connectivity index (χ1v) is 5.51. The Hall–Kier alpha value is -2.16. The quantitative estimate of drug-likeness (QED) is 0.559. The third-order valence-corrected chi connectivity index (χ3v) is 2.78. The second-order valence-electron chi connectivity index (χ2n) is 4.01. The highest BCUT2D eigenvalue weighted by Crippen LogP contribution is 2.24. The molecule has 17 heavy (non-hydrogen) atoms. The number of para-hydroxylation sites is 1. The molecule has 88 valence electrons. The Morgan fingerprint density at radius 2 is 1.59 bits per heavy atom. The summed E-state index contributed by atoms with van der Waals surface area (Å²) in [6, 6.07) is 12.2. The molecule has 2 rings (SSSR count). The molecule has 0 radical (unpaired) electrons. The van der Waals surface area contributed by atoms with Crippen LogP contribution in [-0.2, 0) is 12.8 Å². The summed E-state index contributed by atoms with van der Waals surface area (Å²) >= 11 is 0. The van der Waals surface area contributed by atoms with E-state index in [0.717, 1.165) is 23.2 Å². The van der Waals surface area contributed by atoms with Gasteiger partial charge >= 0.3 is 0 Å². The van der Waals surface area contributed by atoms with Gasteiger partial charge in [-0.3, -0.25) is 0 Å². The SMILES string of the molecule is Nc1ccccc1CCc1cc(O)ccc1O. The molecule has 0 bridgehead atoms. The van der Waals surface area contributed by atoms with Crippen molar-refractivity contribution < 1.29 is 10.2 Å². The van der Waals surface area contributed by atoms with Gasteiger partial charge in [0.25, 0.3) is 0 Å². The first-order valence-electron chi connectivity index (χ1n) is 5.51. The van der Waals surface area contributed by atoms with Crippen LogP contribution in [0, 0.1) is 0 Å². The first kappa shape index (κ1) is 11.3. The number of phenols is 2. The van der Waals surface area contributed by atoms with Crippen molar-refractivity contribution in [2.75, 3.05) is 5.73 Å². The normalized spacial score (nSPS) is 10.4. The van der Waals surface area contributed by atoms with Crippen molar-refractivity contribution in [3.63, 3.8) is 0 Å². The Labute approximate surface area is 100 Å². The van der Waals surface area contributed by atoms with Gasteiger partial charge in [0.2, 0.25) is 0 Å². The average Bonchev–Trinajstić information content (AvgIpc) is 2.32. The highest BCUT2D eigenvalue weighted by molar-refractivity contribution is 5.47. The Morgan fingerprint density at radius 1 is 0.882 bits per heavy atom. The molecule has 3 heteroatoms. The molecule has 4 N–H and O–H groups in total. The van der Waals surface area contributed by atoms with Crippen LogP contribution in [-0.4, -0.2) is 10.2 Å². The minimum absolute atomic E-state index is 0.166. The number of benzene rings is 2. The zero-order chi connectivity index (χ0) is 12.3. The lowest BCUT2D eigenvalue weighted by atomic mass is 10.0. The number of aryl methyl sites for hydroxylation is 2. The van der Waals surface area contributed by atoms with Crippen molar-refractivity contribution >= 4 is 5.69 Å². The van der Waals surface area contributed by atoms with Crippen LogP contribution in [0.25, 0.3) is 0 Å². The van der Waals surface area contributed by atoms with Gasteiger partial charge in [0.1, 0.15) is 11.5 Å². The minimum Gasteiger partial charge on any atom is -0.508 e. The van der Waals surface area contributed by atoms with E-state index in [2.05, 4.69) is 0 Å². The zero-order valence-corrected chi connectivity index (χ0v) is 9.43. The van der Waals surface area contributed by atoms with E-state index in [1.165, 1.54) is 12.1 Å². The van der Waals surface area contributed by atoms with E-state index in [4.69, 9.17) is 5.73 Å². The zero-order valence-electron chi connectivity index (χ0n) is 9.43. The van der Waals surface area contributed by atoms with Crippen LogP contribution < -0.4 is 5.73 Å². The maximum atomic E-state index is 9.64. The highest BCUT2D eigenvalue weighted by Gasteiger charge is 2.04. The van der Waals surface area contributed by atoms with E-state index < -0.39 is 0 Å². The van der Waals surface area contributed by atoms with Crippen molar-refractivity contribution in [3.05, 3.63) is 53.6 Å². The van der Waals surface area contributed by atoms with E-state index in [-0.39, 0.29) is 11.5 Å². The maximum Gasteiger partial charge on any atom is 0.119 e. The molecule has 0 aromatic heterocycles. The lowest BCUT2D eigenvalue weighted by Crippen LogP contribution is -1.97. The average molecular weight is 229 g/mol. The standard InChI is InChI=1S/C14H15NO2/c15-13-4-2-1-3-10(13)5-6-11-9-12(16)7-8-14(11)17/h1-4,7-9,16-17H,5-6,15H2. The molecule has 3 nitrogen and oxygen atoms in total. The van der Waals surface area contributed by atoms with Crippen LogP contribution in [0.4, 0.5) is 5.69 Å². The summed E-state index contributed by atoms with van der Waals surface area (Å²) in [7, 11) is 0. The fourth-order valence-corrected chi connectivity index (χ4v) is 1.80. The summed E-state index contributed by atoms with van der Waals surface area (Å²) in [5.74, 6) is 0.371. The van der Waals surface area contributed by atoms with Gasteiger partial charge in [-0.15, -0.1) is 0 Å². The van der Waals surface area contributed by atoms with Crippen LogP contribution in [0.15, 0.2) is 42.5 Å². The molecule has 2 aromatic carbocycles. The predicted octanol–water partition coefficient (Wildman–Crippen LogP) is 2.47. The van der Waals surface area contributed by atoms with Crippen molar-refractivity contribution in [2.45, 2.75) is 12.8 Å². The molecule has 0 heterocycles. The van der Waals surface area contributed by atoms with Gasteiger partial charge in [0.05, 0.1) is 0 Å². The van der Waals surface area contributed by atoms with E-state index in [1.807, 2.05) is 24.3 Å². The first-order chi connectivity index (χ1) is 8.16. The molecule has 0 unspecified atom stereocenters. The number of nitrogens with two attached hydrogens (primary N) is 1. The number of aromatic hydroxyl groups is 2. The molecule has 0 amide bonds. The molecule has 0 aliphatic heterocycles. The Kier molecular flexibility index (Phi) is 3.19. The highest BCUT2D eigenvalue weighted by atomic mass is 16.3. The Balaban J connectivity index is 2.12. The smallest absolute Gasteiger partial charge is 0.119 e. The van der Waals surface area contributed by atoms with Gasteiger partial charge in [-0.05, 0) is 48.2 Å². The van der Waals surface area contributed by atoms with Gasteiger partial charge in [0, 0.05) is 5.69 Å². The summed E-state index contributed by atoms with van der Waals surface area (Å²) < 4.78 is 0. The van der Waals surface area contributed by atoms with Crippen LogP contribution in [0.1, 0.15) is 11.1 Å². The van der Waals surface area contributed by atoms with Crippen LogP contribution in [0.5, 0.6) is 11.5 Å². The second-order valence-corrected chi connectivity index (χ2v) is 4.01. The van der Waals surface area contributed by atoms with E-state index in [1.54, 1.807) is 6.07 Å². The Morgan fingerprint density at radius 3 is 2.35 bits per heavy atom. The van der Waals surface area contributed by atoms with Gasteiger partial charge in [0.15, 0.2) is 0 Å². The third-order valence-electron chi connectivity index (χ3n) is 2.78. The third kappa shape index (κ3) is 2.69. The monoisotopic (exact) mass is 229 g/mol. The topological polar surface area (TPSA) is 66.5 Å². The number of nitrogen functional groups attached to an aromatic ring is 1. The molecule has 0 spiro atoms. The molecule has 0 fully saturated rings. The number of hydrogen-bond donors (Lipinski definition) is 3. The van der Waals surface area contributed by atoms with E-state index in [0.29, 0.717) is 6.42 Å². The second kappa shape index (κ2) is 4.78. The predicted molar refractivity (Wildman–Crippen MR) is 68.0 cm³/mol.